The van der Waals surface area contributed by atoms with Crippen LogP contribution in [0.3, 0.4) is 0 Å². The molecule has 4 aliphatic heterocycles. The summed E-state index contributed by atoms with van der Waals surface area (Å²) in [6.07, 6.45) is 3.83. The lowest BCUT2D eigenvalue weighted by atomic mass is 9.93. The molecule has 6 N–H and O–H groups in total. The van der Waals surface area contributed by atoms with Crippen molar-refractivity contribution in [2.75, 3.05) is 19.6 Å². The molecule has 17 nitrogen and oxygen atoms in total. The van der Waals surface area contributed by atoms with Crippen LogP contribution in [0.25, 0.3) is 0 Å². The summed E-state index contributed by atoms with van der Waals surface area (Å²) in [5.41, 5.74) is 0.619. The zero-order valence-corrected chi connectivity index (χ0v) is 39.0. The maximum absolute atomic E-state index is 14.6. The van der Waals surface area contributed by atoms with Gasteiger partial charge in [-0.05, 0) is 86.3 Å². The fraction of sp³-hybridized carbons (Fsp3) is 0.702. The van der Waals surface area contributed by atoms with Crippen molar-refractivity contribution in [2.24, 2.45) is 23.7 Å². The Bertz CT molecular complexity index is 1870. The summed E-state index contributed by atoms with van der Waals surface area (Å²) in [6, 6.07) is -2.02. The van der Waals surface area contributed by atoms with E-state index in [0.717, 1.165) is 0 Å². The van der Waals surface area contributed by atoms with Crippen molar-refractivity contribution in [2.45, 2.75) is 168 Å². The first kappa shape index (κ1) is 49.8. The molecule has 0 saturated carbocycles. The molecule has 354 valence electrons. The van der Waals surface area contributed by atoms with Crippen LogP contribution in [0.15, 0.2) is 24.3 Å². The summed E-state index contributed by atoms with van der Waals surface area (Å²) >= 11 is 0. The highest BCUT2D eigenvalue weighted by Gasteiger charge is 2.46. The van der Waals surface area contributed by atoms with E-state index in [2.05, 4.69) is 26.6 Å². The Hall–Kier alpha value is -5.22. The van der Waals surface area contributed by atoms with Crippen molar-refractivity contribution in [3.8, 4) is 5.75 Å². The second-order valence-electron chi connectivity index (χ2n) is 19.2. The average Bonchev–Trinajstić information content (AvgIpc) is 4.07. The number of phenolic OH excluding ortho intramolecular Hbond substituents is 1. The number of nitrogens with one attached hydrogen (secondary N) is 5. The second kappa shape index (κ2) is 22.1. The van der Waals surface area contributed by atoms with Gasteiger partial charge in [-0.15, -0.1) is 0 Å². The predicted molar refractivity (Wildman–Crippen MR) is 239 cm³/mol. The molecule has 4 fully saturated rings. The van der Waals surface area contributed by atoms with E-state index in [4.69, 9.17) is 0 Å². The summed E-state index contributed by atoms with van der Waals surface area (Å²) in [5.74, 6) is -5.33. The number of rotatable bonds is 9. The van der Waals surface area contributed by atoms with Crippen LogP contribution in [0.2, 0.25) is 0 Å². The van der Waals surface area contributed by atoms with Gasteiger partial charge < -0.3 is 46.4 Å². The zero-order chi connectivity index (χ0) is 47.0. The van der Waals surface area contributed by atoms with E-state index >= 15 is 0 Å². The van der Waals surface area contributed by atoms with Crippen molar-refractivity contribution in [1.29, 1.82) is 0 Å². The lowest BCUT2D eigenvalue weighted by Crippen LogP contribution is -2.62. The number of hydrogen-bond acceptors (Lipinski definition) is 9. The van der Waals surface area contributed by atoms with Gasteiger partial charge in [0.05, 0.1) is 0 Å². The van der Waals surface area contributed by atoms with Crippen molar-refractivity contribution >= 4 is 47.3 Å². The minimum absolute atomic E-state index is 0.00289. The normalized spacial score (nSPS) is 29.3. The van der Waals surface area contributed by atoms with Gasteiger partial charge in [-0.25, -0.2) is 0 Å². The second-order valence-corrected chi connectivity index (χ2v) is 19.2. The third kappa shape index (κ3) is 11.7. The Balaban J connectivity index is 1.56. The van der Waals surface area contributed by atoms with E-state index in [9.17, 15) is 43.5 Å². The van der Waals surface area contributed by atoms with Crippen molar-refractivity contribution in [3.05, 3.63) is 29.8 Å². The van der Waals surface area contributed by atoms with E-state index < -0.39 is 95.6 Å². The summed E-state index contributed by atoms with van der Waals surface area (Å²) in [5, 5.41) is 24.5. The fourth-order valence-electron chi connectivity index (χ4n) is 9.41. The van der Waals surface area contributed by atoms with E-state index in [1.165, 1.54) is 26.8 Å². The largest absolute Gasteiger partial charge is 0.508 e. The minimum atomic E-state index is -1.20. The summed E-state index contributed by atoms with van der Waals surface area (Å²) < 4.78 is 0. The number of carbonyl (C=O) groups is 8. The Kier molecular flexibility index (Phi) is 17.2. The van der Waals surface area contributed by atoms with Crippen molar-refractivity contribution in [3.63, 3.8) is 0 Å². The first-order chi connectivity index (χ1) is 30.4. The number of benzene rings is 1. The molecule has 4 heterocycles. The minimum Gasteiger partial charge on any atom is -0.508 e. The Morgan fingerprint density at radius 3 is 1.50 bits per heavy atom. The number of carbonyl (C=O) groups excluding carboxylic acids is 8. The number of amides is 8. The fourth-order valence-corrected chi connectivity index (χ4v) is 9.41. The van der Waals surface area contributed by atoms with Gasteiger partial charge in [-0.2, -0.15) is 0 Å². The van der Waals surface area contributed by atoms with Crippen LogP contribution in [0, 0.1) is 23.7 Å². The smallest absolute Gasteiger partial charge is 0.246 e. The van der Waals surface area contributed by atoms with Gasteiger partial charge in [0, 0.05) is 26.1 Å². The predicted octanol–water partition coefficient (Wildman–Crippen LogP) is 2.14. The number of phenols is 1. The third-order valence-corrected chi connectivity index (χ3v) is 13.6. The summed E-state index contributed by atoms with van der Waals surface area (Å²) in [6.45, 7) is 15.6. The molecule has 4 saturated heterocycles. The number of hydrogen-bond donors (Lipinski definition) is 6. The van der Waals surface area contributed by atoms with Crippen LogP contribution >= 0.6 is 0 Å². The SMILES string of the molecule is CCC(C)[C@@H]1NC(=O)[C@H](CC(C)C)NC(=O)[C@@H]2CCCN2C(=O)[C@H](C(C)C)NC(=O)[C@H](Cc2ccc(O)cc2)NC(=O)[C@@H]2CCCN2C(=O)[C@@H]2CCCN2C(=O)[C@H](C(C)CC)NC1=O. The average molecular weight is 893 g/mol. The first-order valence-corrected chi connectivity index (χ1v) is 23.6. The molecule has 8 amide bonds. The van der Waals surface area contributed by atoms with Crippen LogP contribution in [-0.2, 0) is 44.8 Å². The highest BCUT2D eigenvalue weighted by Crippen LogP contribution is 2.28. The summed E-state index contributed by atoms with van der Waals surface area (Å²) in [4.78, 5) is 119. The Labute approximate surface area is 377 Å². The highest BCUT2D eigenvalue weighted by molar-refractivity contribution is 5.99. The number of nitrogens with zero attached hydrogens (tertiary/aromatic N) is 3. The quantitative estimate of drug-likeness (QED) is 0.213. The molecule has 2 unspecified atom stereocenters. The van der Waals surface area contributed by atoms with Gasteiger partial charge in [-0.1, -0.05) is 80.4 Å². The van der Waals surface area contributed by atoms with Gasteiger partial charge in [0.1, 0.15) is 54.1 Å². The zero-order valence-electron chi connectivity index (χ0n) is 39.0. The molecule has 1 aromatic carbocycles. The van der Waals surface area contributed by atoms with Crippen LogP contribution in [0.5, 0.6) is 5.75 Å². The molecular formula is C47H72N8O9. The molecular weight excluding hydrogens is 821 g/mol. The maximum Gasteiger partial charge on any atom is 0.246 e. The van der Waals surface area contributed by atoms with Gasteiger partial charge in [-0.3, -0.25) is 38.4 Å². The number of aromatic hydroxyl groups is 1. The number of fused-ring (bicyclic) bond motifs is 3. The van der Waals surface area contributed by atoms with Gasteiger partial charge >= 0.3 is 0 Å². The Morgan fingerprint density at radius 2 is 0.969 bits per heavy atom. The van der Waals surface area contributed by atoms with Crippen molar-refractivity contribution in [1.82, 2.24) is 41.3 Å². The molecule has 0 aliphatic carbocycles. The molecule has 0 bridgehead atoms. The maximum atomic E-state index is 14.6. The highest BCUT2D eigenvalue weighted by atomic mass is 16.3. The molecule has 10 atom stereocenters. The molecule has 1 aromatic rings. The Morgan fingerprint density at radius 1 is 0.531 bits per heavy atom. The van der Waals surface area contributed by atoms with E-state index in [1.54, 1.807) is 26.0 Å². The van der Waals surface area contributed by atoms with Crippen LogP contribution in [0.1, 0.15) is 119 Å². The van der Waals surface area contributed by atoms with E-state index in [0.29, 0.717) is 56.9 Å². The lowest BCUT2D eigenvalue weighted by molar-refractivity contribution is -0.149. The van der Waals surface area contributed by atoms with Crippen LogP contribution in [-0.4, -0.2) is 135 Å². The van der Waals surface area contributed by atoms with E-state index in [1.807, 2.05) is 41.5 Å². The van der Waals surface area contributed by atoms with Crippen molar-refractivity contribution < 1.29 is 43.5 Å². The standard InChI is InChI=1S/C47H72N8O9/c1-9-28(7)38-44(61)52-39(29(8)10-2)47(64)55-23-13-16-36(55)45(62)53-21-11-14-34(53)42(59)49-33(25-30-17-19-31(56)20-18-30)41(58)50-37(27(5)6)46(63)54-22-12-15-35(54)43(60)48-32(24-26(3)4)40(57)51-38/h17-20,26-29,32-39,56H,9-16,21-25H2,1-8H3,(H,48,60)(H,49,59)(H,50,58)(H,51,57)(H,52,61)/t28?,29?,32-,33-,34-,35-,36-,37-,38-,39-/m0/s1. The third-order valence-electron chi connectivity index (χ3n) is 13.6. The molecule has 5 rings (SSSR count). The molecule has 4 aliphatic rings. The lowest BCUT2D eigenvalue weighted by Gasteiger charge is -2.36. The van der Waals surface area contributed by atoms with E-state index in [-0.39, 0.29) is 61.9 Å². The molecule has 0 spiro atoms. The van der Waals surface area contributed by atoms with Crippen LogP contribution in [0.4, 0.5) is 0 Å². The monoisotopic (exact) mass is 893 g/mol. The molecule has 0 aromatic heterocycles. The molecule has 17 heteroatoms. The van der Waals surface area contributed by atoms with Gasteiger partial charge in [0.25, 0.3) is 0 Å². The van der Waals surface area contributed by atoms with Crippen LogP contribution < -0.4 is 26.6 Å². The molecule has 64 heavy (non-hydrogen) atoms. The summed E-state index contributed by atoms with van der Waals surface area (Å²) in [7, 11) is 0. The molecule has 0 radical (unpaired) electrons. The van der Waals surface area contributed by atoms with Gasteiger partial charge in [0.15, 0.2) is 0 Å². The first-order valence-electron chi connectivity index (χ1n) is 23.6. The topological polar surface area (TPSA) is 227 Å². The van der Waals surface area contributed by atoms with Gasteiger partial charge in [0.2, 0.25) is 47.3 Å².